The van der Waals surface area contributed by atoms with Crippen molar-refractivity contribution in [1.29, 1.82) is 0 Å². The second-order valence-corrected chi connectivity index (χ2v) is 7.66. The van der Waals surface area contributed by atoms with E-state index in [2.05, 4.69) is 20.6 Å². The number of benzene rings is 1. The van der Waals surface area contributed by atoms with Gasteiger partial charge in [-0.1, -0.05) is 0 Å². The minimum Gasteiger partial charge on any atom is -0.324 e. The van der Waals surface area contributed by atoms with E-state index in [1.165, 1.54) is 4.68 Å². The molecule has 0 radical (unpaired) electrons. The second kappa shape index (κ2) is 7.74. The number of alkyl halides is 3. The highest BCUT2D eigenvalue weighted by molar-refractivity contribution is 5.92. The van der Waals surface area contributed by atoms with Crippen LogP contribution in [0.1, 0.15) is 37.0 Å². The Labute approximate surface area is 179 Å². The number of halogens is 3. The molecule has 0 saturated heterocycles. The van der Waals surface area contributed by atoms with Crippen LogP contribution in [0.25, 0.3) is 16.6 Å². The van der Waals surface area contributed by atoms with Crippen LogP contribution in [0.4, 0.5) is 18.9 Å². The van der Waals surface area contributed by atoms with E-state index in [1.807, 2.05) is 0 Å². The lowest BCUT2D eigenvalue weighted by molar-refractivity contribution is -0.137. The molecule has 1 aromatic carbocycles. The minimum absolute atomic E-state index is 0.0509. The summed E-state index contributed by atoms with van der Waals surface area (Å²) in [6.07, 6.45) is -3.22. The van der Waals surface area contributed by atoms with Gasteiger partial charge < -0.3 is 5.32 Å². The standard InChI is InChI=1S/C21H19F3N6O2/c1-11(2)30-17-8-13(21(22,23)24)4-6-15(17)20(32)16(28-30)9-19(31)25-14-5-7-18-27-26-12(3)29(18)10-14/h4-8,10-11H,9H2,1-3H3,(H,25,31). The SMILES string of the molecule is Cc1nnc2ccc(NC(=O)Cc3nn(C(C)C)c4cc(C(F)(F)F)ccc4c3=O)cn12. The average molecular weight is 444 g/mol. The molecule has 0 aliphatic carbocycles. The second-order valence-electron chi connectivity index (χ2n) is 7.66. The number of anilines is 1. The number of nitrogens with one attached hydrogen (secondary N) is 1. The summed E-state index contributed by atoms with van der Waals surface area (Å²) in [5.41, 5.74) is -0.334. The third-order valence-electron chi connectivity index (χ3n) is 4.98. The summed E-state index contributed by atoms with van der Waals surface area (Å²) in [7, 11) is 0. The van der Waals surface area contributed by atoms with Gasteiger partial charge in [-0.25, -0.2) is 0 Å². The van der Waals surface area contributed by atoms with Crippen molar-refractivity contribution in [2.75, 3.05) is 5.32 Å². The van der Waals surface area contributed by atoms with E-state index in [0.29, 0.717) is 17.2 Å². The van der Waals surface area contributed by atoms with Crippen molar-refractivity contribution >= 4 is 28.1 Å². The number of amides is 1. The van der Waals surface area contributed by atoms with Gasteiger partial charge in [0.2, 0.25) is 11.3 Å². The Balaban J connectivity index is 1.68. The fraction of sp³-hybridized carbons (Fsp3) is 0.286. The molecule has 32 heavy (non-hydrogen) atoms. The Morgan fingerprint density at radius 3 is 2.59 bits per heavy atom. The molecule has 3 heterocycles. The van der Waals surface area contributed by atoms with Crippen molar-refractivity contribution in [3.8, 4) is 0 Å². The van der Waals surface area contributed by atoms with Crippen LogP contribution in [0.3, 0.4) is 0 Å². The number of fused-ring (bicyclic) bond motifs is 2. The van der Waals surface area contributed by atoms with Gasteiger partial charge in [-0.15, -0.1) is 10.2 Å². The molecular weight excluding hydrogens is 425 g/mol. The summed E-state index contributed by atoms with van der Waals surface area (Å²) >= 11 is 0. The van der Waals surface area contributed by atoms with Crippen LogP contribution in [0.5, 0.6) is 0 Å². The fourth-order valence-corrected chi connectivity index (χ4v) is 3.42. The first-order valence-corrected chi connectivity index (χ1v) is 9.78. The van der Waals surface area contributed by atoms with Gasteiger partial charge >= 0.3 is 6.18 Å². The predicted molar refractivity (Wildman–Crippen MR) is 111 cm³/mol. The maximum absolute atomic E-state index is 13.1. The molecular formula is C21H19F3N6O2. The normalized spacial score (nSPS) is 12.1. The Kier molecular flexibility index (Phi) is 5.19. The van der Waals surface area contributed by atoms with Crippen LogP contribution in [-0.4, -0.2) is 30.3 Å². The lowest BCUT2D eigenvalue weighted by Crippen LogP contribution is -2.25. The highest BCUT2D eigenvalue weighted by Gasteiger charge is 2.31. The zero-order valence-corrected chi connectivity index (χ0v) is 17.4. The maximum Gasteiger partial charge on any atom is 0.416 e. The van der Waals surface area contributed by atoms with Crippen LogP contribution in [0.2, 0.25) is 0 Å². The Morgan fingerprint density at radius 1 is 1.16 bits per heavy atom. The van der Waals surface area contributed by atoms with Gasteiger partial charge in [-0.3, -0.25) is 18.7 Å². The largest absolute Gasteiger partial charge is 0.416 e. The van der Waals surface area contributed by atoms with Gasteiger partial charge in [0.1, 0.15) is 11.5 Å². The van der Waals surface area contributed by atoms with Crippen molar-refractivity contribution in [3.63, 3.8) is 0 Å². The van der Waals surface area contributed by atoms with Gasteiger partial charge in [-0.2, -0.15) is 18.3 Å². The number of carbonyl (C=O) groups excluding carboxylic acids is 1. The summed E-state index contributed by atoms with van der Waals surface area (Å²) < 4.78 is 42.5. The molecule has 3 aromatic heterocycles. The molecule has 0 saturated carbocycles. The highest BCUT2D eigenvalue weighted by Crippen LogP contribution is 2.31. The van der Waals surface area contributed by atoms with E-state index in [9.17, 15) is 22.8 Å². The molecule has 4 rings (SSSR count). The first kappa shape index (κ1) is 21.5. The first-order valence-electron chi connectivity index (χ1n) is 9.78. The molecule has 0 aliphatic heterocycles. The Bertz CT molecular complexity index is 1400. The first-order chi connectivity index (χ1) is 15.0. The molecule has 8 nitrogen and oxygen atoms in total. The van der Waals surface area contributed by atoms with E-state index < -0.39 is 23.1 Å². The monoisotopic (exact) mass is 444 g/mol. The van der Waals surface area contributed by atoms with Crippen LogP contribution < -0.4 is 10.7 Å². The number of aromatic nitrogens is 5. The zero-order chi connectivity index (χ0) is 23.2. The molecule has 0 aliphatic rings. The summed E-state index contributed by atoms with van der Waals surface area (Å²) in [4.78, 5) is 25.5. The summed E-state index contributed by atoms with van der Waals surface area (Å²) in [6.45, 7) is 5.23. The molecule has 0 bridgehead atoms. The number of rotatable bonds is 4. The molecule has 0 unspecified atom stereocenters. The van der Waals surface area contributed by atoms with E-state index in [1.54, 1.807) is 43.5 Å². The Morgan fingerprint density at radius 2 is 1.91 bits per heavy atom. The van der Waals surface area contributed by atoms with Crippen LogP contribution in [0.15, 0.2) is 41.3 Å². The number of hydrogen-bond acceptors (Lipinski definition) is 5. The summed E-state index contributed by atoms with van der Waals surface area (Å²) in [6, 6.07) is 5.90. The summed E-state index contributed by atoms with van der Waals surface area (Å²) in [5.74, 6) is 0.159. The molecule has 0 fully saturated rings. The number of aryl methyl sites for hydroxylation is 1. The highest BCUT2D eigenvalue weighted by atomic mass is 19.4. The van der Waals surface area contributed by atoms with Gasteiger partial charge in [0, 0.05) is 17.6 Å². The van der Waals surface area contributed by atoms with E-state index in [4.69, 9.17) is 0 Å². The smallest absolute Gasteiger partial charge is 0.324 e. The summed E-state index contributed by atoms with van der Waals surface area (Å²) in [5, 5.41) is 14.9. The van der Waals surface area contributed by atoms with Crippen molar-refractivity contribution in [1.82, 2.24) is 24.4 Å². The quantitative estimate of drug-likeness (QED) is 0.520. The molecule has 0 atom stereocenters. The van der Waals surface area contributed by atoms with Crippen molar-refractivity contribution in [3.05, 3.63) is 63.8 Å². The van der Waals surface area contributed by atoms with Crippen LogP contribution in [0, 0.1) is 6.92 Å². The lowest BCUT2D eigenvalue weighted by atomic mass is 10.1. The number of pyridine rings is 1. The number of nitrogens with zero attached hydrogens (tertiary/aromatic N) is 5. The van der Waals surface area contributed by atoms with E-state index in [-0.39, 0.29) is 29.1 Å². The molecule has 4 aromatic rings. The topological polar surface area (TPSA) is 94.2 Å². The Hall–Kier alpha value is -3.76. The van der Waals surface area contributed by atoms with Gasteiger partial charge in [0.05, 0.1) is 23.2 Å². The third-order valence-corrected chi connectivity index (χ3v) is 4.98. The van der Waals surface area contributed by atoms with Gasteiger partial charge in [-0.05, 0) is 51.1 Å². The zero-order valence-electron chi connectivity index (χ0n) is 17.4. The fourth-order valence-electron chi connectivity index (χ4n) is 3.42. The molecule has 1 amide bonds. The van der Waals surface area contributed by atoms with Crippen molar-refractivity contribution in [2.24, 2.45) is 0 Å². The number of hydrogen-bond donors (Lipinski definition) is 1. The molecule has 1 N–H and O–H groups in total. The molecule has 166 valence electrons. The van der Waals surface area contributed by atoms with Gasteiger partial charge in [0.15, 0.2) is 5.65 Å². The molecule has 11 heteroatoms. The number of carbonyl (C=O) groups is 1. The minimum atomic E-state index is -4.55. The molecule has 0 spiro atoms. The van der Waals surface area contributed by atoms with Crippen molar-refractivity contribution < 1.29 is 18.0 Å². The lowest BCUT2D eigenvalue weighted by Gasteiger charge is -2.17. The van der Waals surface area contributed by atoms with E-state index in [0.717, 1.165) is 18.2 Å². The predicted octanol–water partition coefficient (Wildman–Crippen LogP) is 3.53. The average Bonchev–Trinajstić information content (AvgIpc) is 3.09. The van der Waals surface area contributed by atoms with Crippen LogP contribution >= 0.6 is 0 Å². The third kappa shape index (κ3) is 3.93. The maximum atomic E-state index is 13.1. The van der Waals surface area contributed by atoms with Gasteiger partial charge in [0.25, 0.3) is 0 Å². The van der Waals surface area contributed by atoms with Crippen LogP contribution in [-0.2, 0) is 17.4 Å². The van der Waals surface area contributed by atoms with E-state index >= 15 is 0 Å². The van der Waals surface area contributed by atoms with Crippen molar-refractivity contribution in [2.45, 2.75) is 39.4 Å².